The zero-order valence-corrected chi connectivity index (χ0v) is 8.77. The van der Waals surface area contributed by atoms with Crippen LogP contribution in [0.4, 0.5) is 5.69 Å². The van der Waals surface area contributed by atoms with Gasteiger partial charge in [0.2, 0.25) is 0 Å². The van der Waals surface area contributed by atoms with E-state index in [1.807, 2.05) is 11.1 Å². The highest BCUT2D eigenvalue weighted by Gasteiger charge is 2.26. The molecule has 0 fully saturated rings. The first-order valence-corrected chi connectivity index (χ1v) is 4.94. The van der Waals surface area contributed by atoms with Crippen LogP contribution >= 0.6 is 0 Å². The monoisotopic (exact) mass is 191 g/mol. The summed E-state index contributed by atoms with van der Waals surface area (Å²) in [5.74, 6) is 6.47. The maximum absolute atomic E-state index is 5.93. The summed E-state index contributed by atoms with van der Waals surface area (Å²) < 4.78 is 0. The lowest BCUT2D eigenvalue weighted by Gasteiger charge is -2.16. The Morgan fingerprint density at radius 3 is 2.86 bits per heavy atom. The van der Waals surface area contributed by atoms with Gasteiger partial charge < -0.3 is 9.91 Å². The highest BCUT2D eigenvalue weighted by molar-refractivity contribution is 5.58. The summed E-state index contributed by atoms with van der Waals surface area (Å²) in [6.07, 6.45) is 0. The van der Waals surface area contributed by atoms with Gasteiger partial charge in [-0.3, -0.25) is 0 Å². The molecule has 0 aromatic heterocycles. The fourth-order valence-electron chi connectivity index (χ4n) is 2.13. The molecule has 0 aliphatic carbocycles. The topological polar surface area (TPSA) is 32.5 Å². The van der Waals surface area contributed by atoms with Crippen molar-refractivity contribution in [1.82, 2.24) is 4.90 Å². The average molecular weight is 191 g/mol. The summed E-state index contributed by atoms with van der Waals surface area (Å²) >= 11 is 0. The number of anilines is 1. The molecule has 1 atom stereocenters. The maximum Gasteiger partial charge on any atom is 0.0553 e. The van der Waals surface area contributed by atoms with Crippen LogP contribution in [-0.4, -0.2) is 32.1 Å². The van der Waals surface area contributed by atoms with Crippen LogP contribution in [0.5, 0.6) is 0 Å². The van der Waals surface area contributed by atoms with Gasteiger partial charge in [-0.15, -0.1) is 0 Å². The first kappa shape index (κ1) is 9.49. The number of rotatable bonds is 2. The third-order valence-electron chi connectivity index (χ3n) is 2.69. The predicted octanol–water partition coefficient (Wildman–Crippen LogP) is 1.03. The van der Waals surface area contributed by atoms with Gasteiger partial charge in [-0.05, 0) is 25.7 Å². The van der Waals surface area contributed by atoms with Gasteiger partial charge in [0, 0.05) is 19.0 Å². The minimum absolute atomic E-state index is 0.547. The first-order chi connectivity index (χ1) is 6.68. The molecule has 1 unspecified atom stereocenters. The van der Waals surface area contributed by atoms with Crippen molar-refractivity contribution in [2.45, 2.75) is 5.92 Å². The van der Waals surface area contributed by atoms with Gasteiger partial charge in [0.1, 0.15) is 0 Å². The summed E-state index contributed by atoms with van der Waals surface area (Å²) in [6, 6.07) is 8.39. The lowest BCUT2D eigenvalue weighted by atomic mass is 10.0. The molecule has 1 aliphatic heterocycles. The largest absolute Gasteiger partial charge is 0.310 e. The van der Waals surface area contributed by atoms with E-state index in [-0.39, 0.29) is 0 Å². The lowest BCUT2D eigenvalue weighted by molar-refractivity contribution is 0.379. The molecule has 1 aromatic carbocycles. The number of hydrazine groups is 1. The molecular weight excluding hydrogens is 174 g/mol. The summed E-state index contributed by atoms with van der Waals surface area (Å²) in [6.45, 7) is 1.99. The normalized spacial score (nSPS) is 20.3. The summed E-state index contributed by atoms with van der Waals surface area (Å²) in [5, 5.41) is 1.85. The van der Waals surface area contributed by atoms with E-state index in [0.717, 1.165) is 13.1 Å². The molecule has 0 radical (unpaired) electrons. The van der Waals surface area contributed by atoms with Crippen LogP contribution in [0, 0.1) is 0 Å². The number of hydrogen-bond donors (Lipinski definition) is 1. The number of likely N-dealkylation sites (N-methyl/N-ethyl adjacent to an activating group) is 1. The Hall–Kier alpha value is -1.06. The smallest absolute Gasteiger partial charge is 0.0553 e. The number of hydrogen-bond acceptors (Lipinski definition) is 3. The van der Waals surface area contributed by atoms with Gasteiger partial charge in [-0.2, -0.15) is 0 Å². The minimum atomic E-state index is 0.547. The second-order valence-electron chi connectivity index (χ2n) is 4.17. The van der Waals surface area contributed by atoms with Crippen molar-refractivity contribution in [3.05, 3.63) is 29.8 Å². The molecule has 0 spiro atoms. The van der Waals surface area contributed by atoms with Crippen LogP contribution in [0.3, 0.4) is 0 Å². The SMILES string of the molecule is CN(C)CC1CN(N)c2ccccc21. The van der Waals surface area contributed by atoms with Gasteiger partial charge in [0.25, 0.3) is 0 Å². The Bertz CT molecular complexity index is 320. The van der Waals surface area contributed by atoms with Crippen molar-refractivity contribution in [3.63, 3.8) is 0 Å². The highest BCUT2D eigenvalue weighted by atomic mass is 15.4. The van der Waals surface area contributed by atoms with Crippen LogP contribution in [-0.2, 0) is 0 Å². The van der Waals surface area contributed by atoms with Crippen LogP contribution in [0.25, 0.3) is 0 Å². The molecule has 2 N–H and O–H groups in total. The molecule has 3 nitrogen and oxygen atoms in total. The fourth-order valence-corrected chi connectivity index (χ4v) is 2.13. The lowest BCUT2D eigenvalue weighted by Crippen LogP contribution is -2.31. The van der Waals surface area contributed by atoms with Crippen LogP contribution in [0.1, 0.15) is 11.5 Å². The van der Waals surface area contributed by atoms with Crippen molar-refractivity contribution in [1.29, 1.82) is 0 Å². The van der Waals surface area contributed by atoms with E-state index in [2.05, 4.69) is 37.2 Å². The summed E-state index contributed by atoms with van der Waals surface area (Å²) in [5.41, 5.74) is 2.56. The molecule has 1 aromatic rings. The molecule has 0 bridgehead atoms. The highest BCUT2D eigenvalue weighted by Crippen LogP contribution is 2.33. The Labute approximate surface area is 85.1 Å². The maximum atomic E-state index is 5.93. The molecule has 0 amide bonds. The molecule has 0 saturated carbocycles. The van der Waals surface area contributed by atoms with Crippen molar-refractivity contribution in [3.8, 4) is 0 Å². The molecule has 1 heterocycles. The molecule has 76 valence electrons. The Balaban J connectivity index is 2.25. The average Bonchev–Trinajstić information content (AvgIpc) is 2.44. The van der Waals surface area contributed by atoms with E-state index in [9.17, 15) is 0 Å². The van der Waals surface area contributed by atoms with Gasteiger partial charge >= 0.3 is 0 Å². The van der Waals surface area contributed by atoms with Gasteiger partial charge in [-0.1, -0.05) is 18.2 Å². The Morgan fingerprint density at radius 1 is 1.43 bits per heavy atom. The summed E-state index contributed by atoms with van der Waals surface area (Å²) in [4.78, 5) is 2.21. The second-order valence-corrected chi connectivity index (χ2v) is 4.17. The fraction of sp³-hybridized carbons (Fsp3) is 0.455. The van der Waals surface area contributed by atoms with Crippen LogP contribution in [0.2, 0.25) is 0 Å². The Morgan fingerprint density at radius 2 is 2.14 bits per heavy atom. The van der Waals surface area contributed by atoms with Gasteiger partial charge in [-0.25, -0.2) is 5.84 Å². The van der Waals surface area contributed by atoms with E-state index in [1.165, 1.54) is 11.3 Å². The van der Waals surface area contributed by atoms with Gasteiger partial charge in [0.05, 0.1) is 5.69 Å². The quantitative estimate of drug-likeness (QED) is 0.709. The van der Waals surface area contributed by atoms with Crippen molar-refractivity contribution < 1.29 is 0 Å². The predicted molar refractivity (Wildman–Crippen MR) is 59.3 cm³/mol. The first-order valence-electron chi connectivity index (χ1n) is 4.94. The van der Waals surface area contributed by atoms with Crippen LogP contribution < -0.4 is 10.9 Å². The Kier molecular flexibility index (Phi) is 2.44. The zero-order chi connectivity index (χ0) is 10.1. The third-order valence-corrected chi connectivity index (χ3v) is 2.69. The van der Waals surface area contributed by atoms with E-state index in [4.69, 9.17) is 5.84 Å². The van der Waals surface area contributed by atoms with E-state index >= 15 is 0 Å². The zero-order valence-electron chi connectivity index (χ0n) is 8.77. The molecule has 0 saturated heterocycles. The van der Waals surface area contributed by atoms with Crippen molar-refractivity contribution in [2.75, 3.05) is 32.2 Å². The van der Waals surface area contributed by atoms with Gasteiger partial charge in [0.15, 0.2) is 0 Å². The van der Waals surface area contributed by atoms with Crippen LogP contribution in [0.15, 0.2) is 24.3 Å². The standard InChI is InChI=1S/C11H17N3/c1-13(2)7-9-8-14(12)11-6-4-3-5-10(9)11/h3-6,9H,7-8,12H2,1-2H3. The molecule has 14 heavy (non-hydrogen) atoms. The number of fused-ring (bicyclic) bond motifs is 1. The minimum Gasteiger partial charge on any atom is -0.310 e. The molecule has 1 aliphatic rings. The number of nitrogens with two attached hydrogens (primary N) is 1. The summed E-state index contributed by atoms with van der Waals surface area (Å²) in [7, 11) is 4.20. The molecule has 2 rings (SSSR count). The molecular formula is C11H17N3. The van der Waals surface area contributed by atoms with E-state index in [0.29, 0.717) is 5.92 Å². The van der Waals surface area contributed by atoms with E-state index < -0.39 is 0 Å². The number of benzene rings is 1. The molecule has 3 heteroatoms. The number of nitrogens with zero attached hydrogens (tertiary/aromatic N) is 2. The van der Waals surface area contributed by atoms with Crippen molar-refractivity contribution >= 4 is 5.69 Å². The third kappa shape index (κ3) is 1.61. The van der Waals surface area contributed by atoms with Crippen molar-refractivity contribution in [2.24, 2.45) is 5.84 Å². The number of para-hydroxylation sites is 1. The van der Waals surface area contributed by atoms with E-state index in [1.54, 1.807) is 0 Å². The second kappa shape index (κ2) is 3.59.